The summed E-state index contributed by atoms with van der Waals surface area (Å²) in [6.07, 6.45) is 0.178. The Bertz CT molecular complexity index is 1620. The number of phenols is 2. The monoisotopic (exact) mass is 561 g/mol. The summed E-state index contributed by atoms with van der Waals surface area (Å²) in [6, 6.07) is 13.1. The topological polar surface area (TPSA) is 145 Å². The lowest BCUT2D eigenvalue weighted by molar-refractivity contribution is -0.132. The summed E-state index contributed by atoms with van der Waals surface area (Å²) in [4.78, 5) is 54.3. The highest BCUT2D eigenvalue weighted by Crippen LogP contribution is 2.55. The van der Waals surface area contributed by atoms with Gasteiger partial charge in [-0.05, 0) is 66.9 Å². The molecule has 3 aliphatic heterocycles. The lowest BCUT2D eigenvalue weighted by Gasteiger charge is -2.30. The van der Waals surface area contributed by atoms with Gasteiger partial charge in [0.25, 0.3) is 0 Å². The predicted octanol–water partition coefficient (Wildman–Crippen LogP) is 3.15. The summed E-state index contributed by atoms with van der Waals surface area (Å²) < 4.78 is 5.07. The number of benzene rings is 3. The average molecular weight is 562 g/mol. The number of hydrogen-bond acceptors (Lipinski definition) is 8. The fourth-order valence-corrected chi connectivity index (χ4v) is 6.52. The van der Waals surface area contributed by atoms with E-state index in [2.05, 4.69) is 10.6 Å². The number of esters is 1. The molecule has 204 valence electrons. The summed E-state index contributed by atoms with van der Waals surface area (Å²) in [5, 5.41) is 26.3. The first-order valence-corrected chi connectivity index (χ1v) is 13.0. The van der Waals surface area contributed by atoms with Gasteiger partial charge in [0.05, 0.1) is 28.2 Å². The van der Waals surface area contributed by atoms with Crippen LogP contribution in [-0.4, -0.2) is 39.9 Å². The van der Waals surface area contributed by atoms with Gasteiger partial charge in [0.15, 0.2) is 11.5 Å². The Morgan fingerprint density at radius 1 is 1.02 bits per heavy atom. The summed E-state index contributed by atoms with van der Waals surface area (Å²) in [5.41, 5.74) is 0.946. The van der Waals surface area contributed by atoms with Crippen molar-refractivity contribution < 1.29 is 34.1 Å². The SMILES string of the molecule is CC(=O)Oc1ccc(N2C(=O)[C@H]3[C@@H](C2=O)[C@]2(N[C@@H]3Cc3ccc(O)c(O)c3)C(=O)Nc3c(Cl)cc(C)cc32)cc1. The highest BCUT2D eigenvalue weighted by Gasteiger charge is 2.70. The number of ether oxygens (including phenoxy) is 1. The Morgan fingerprint density at radius 3 is 2.42 bits per heavy atom. The molecule has 0 radical (unpaired) electrons. The lowest BCUT2D eigenvalue weighted by atomic mass is 9.76. The molecule has 0 aromatic heterocycles. The molecule has 4 atom stereocenters. The molecule has 3 amide bonds. The number of phenolic OH excluding ortho intramolecular Hbond substituents is 2. The number of halogens is 1. The molecule has 1 spiro atoms. The van der Waals surface area contributed by atoms with Gasteiger partial charge in [-0.1, -0.05) is 23.7 Å². The third kappa shape index (κ3) is 3.75. The number of nitrogens with one attached hydrogen (secondary N) is 2. The van der Waals surface area contributed by atoms with Gasteiger partial charge in [0.1, 0.15) is 11.3 Å². The molecule has 0 bridgehead atoms. The molecule has 2 saturated heterocycles. The Balaban J connectivity index is 1.47. The molecule has 40 heavy (non-hydrogen) atoms. The maximum atomic E-state index is 14.1. The van der Waals surface area contributed by atoms with Crippen LogP contribution in [0.5, 0.6) is 17.2 Å². The van der Waals surface area contributed by atoms with Gasteiger partial charge in [-0.2, -0.15) is 0 Å². The number of carbonyl (C=O) groups is 4. The number of imide groups is 1. The van der Waals surface area contributed by atoms with Gasteiger partial charge in [-0.3, -0.25) is 24.5 Å². The fraction of sp³-hybridized carbons (Fsp3) is 0.241. The minimum absolute atomic E-state index is 0.178. The number of aromatic hydroxyl groups is 2. The molecule has 0 saturated carbocycles. The van der Waals surface area contributed by atoms with Crippen LogP contribution >= 0.6 is 11.6 Å². The van der Waals surface area contributed by atoms with Crippen molar-refractivity contribution in [2.75, 3.05) is 10.2 Å². The van der Waals surface area contributed by atoms with Crippen molar-refractivity contribution in [1.29, 1.82) is 0 Å². The minimum atomic E-state index is -1.57. The van der Waals surface area contributed by atoms with E-state index in [1.54, 1.807) is 18.2 Å². The lowest BCUT2D eigenvalue weighted by Crippen LogP contribution is -2.53. The Labute approximate surface area is 233 Å². The molecule has 3 heterocycles. The van der Waals surface area contributed by atoms with Crippen molar-refractivity contribution in [3.8, 4) is 17.2 Å². The second-order valence-electron chi connectivity index (χ2n) is 10.3. The van der Waals surface area contributed by atoms with E-state index in [1.165, 1.54) is 43.3 Å². The summed E-state index contributed by atoms with van der Waals surface area (Å²) >= 11 is 6.49. The number of nitrogens with zero attached hydrogens (tertiary/aromatic N) is 1. The van der Waals surface area contributed by atoms with Crippen LogP contribution in [0, 0.1) is 18.8 Å². The first-order valence-electron chi connectivity index (χ1n) is 12.6. The quantitative estimate of drug-likeness (QED) is 0.164. The average Bonchev–Trinajstić information content (AvgIpc) is 3.47. The Kier molecular flexibility index (Phi) is 5.86. The molecular weight excluding hydrogens is 538 g/mol. The van der Waals surface area contributed by atoms with Crippen LogP contribution in [0.15, 0.2) is 54.6 Å². The highest BCUT2D eigenvalue weighted by atomic mass is 35.5. The van der Waals surface area contributed by atoms with E-state index in [0.717, 1.165) is 10.5 Å². The first kappa shape index (κ1) is 25.8. The van der Waals surface area contributed by atoms with Crippen molar-refractivity contribution in [3.63, 3.8) is 0 Å². The second-order valence-corrected chi connectivity index (χ2v) is 10.7. The molecule has 4 N–H and O–H groups in total. The maximum Gasteiger partial charge on any atom is 0.308 e. The van der Waals surface area contributed by atoms with Gasteiger partial charge < -0.3 is 20.3 Å². The van der Waals surface area contributed by atoms with Crippen LogP contribution in [0.4, 0.5) is 11.4 Å². The molecule has 0 unspecified atom stereocenters. The zero-order chi connectivity index (χ0) is 28.5. The number of carbonyl (C=O) groups excluding carboxylic acids is 4. The van der Waals surface area contributed by atoms with E-state index in [0.29, 0.717) is 21.8 Å². The normalized spacial score (nSPS) is 24.8. The molecule has 3 aliphatic rings. The van der Waals surface area contributed by atoms with Crippen LogP contribution in [-0.2, 0) is 31.1 Å². The van der Waals surface area contributed by atoms with E-state index in [4.69, 9.17) is 16.3 Å². The molecule has 10 nitrogen and oxygen atoms in total. The minimum Gasteiger partial charge on any atom is -0.504 e. The first-order chi connectivity index (χ1) is 19.0. The number of amides is 3. The third-order valence-electron chi connectivity index (χ3n) is 7.77. The van der Waals surface area contributed by atoms with Gasteiger partial charge in [-0.15, -0.1) is 0 Å². The van der Waals surface area contributed by atoms with Crippen molar-refractivity contribution >= 4 is 46.7 Å². The van der Waals surface area contributed by atoms with E-state index >= 15 is 0 Å². The number of fused-ring (bicyclic) bond motifs is 4. The Morgan fingerprint density at radius 2 is 1.75 bits per heavy atom. The smallest absolute Gasteiger partial charge is 0.308 e. The predicted molar refractivity (Wildman–Crippen MR) is 144 cm³/mol. The van der Waals surface area contributed by atoms with Gasteiger partial charge in [-0.25, -0.2) is 4.90 Å². The van der Waals surface area contributed by atoms with Crippen LogP contribution in [0.2, 0.25) is 5.02 Å². The van der Waals surface area contributed by atoms with Crippen molar-refractivity contribution in [1.82, 2.24) is 5.32 Å². The zero-order valence-electron chi connectivity index (χ0n) is 21.4. The molecule has 0 aliphatic carbocycles. The van der Waals surface area contributed by atoms with E-state index in [9.17, 15) is 29.4 Å². The highest BCUT2D eigenvalue weighted by molar-refractivity contribution is 6.35. The van der Waals surface area contributed by atoms with Crippen molar-refractivity contribution in [2.45, 2.75) is 31.8 Å². The molecule has 2 fully saturated rings. The van der Waals surface area contributed by atoms with Crippen LogP contribution in [0.1, 0.15) is 23.6 Å². The zero-order valence-corrected chi connectivity index (χ0v) is 22.2. The van der Waals surface area contributed by atoms with Crippen LogP contribution in [0.3, 0.4) is 0 Å². The largest absolute Gasteiger partial charge is 0.504 e. The summed E-state index contributed by atoms with van der Waals surface area (Å²) in [5.74, 6) is -4.44. The molecule has 3 aromatic carbocycles. The Hall–Kier alpha value is -4.41. The van der Waals surface area contributed by atoms with Crippen molar-refractivity contribution in [3.05, 3.63) is 76.3 Å². The van der Waals surface area contributed by atoms with Crippen molar-refractivity contribution in [2.24, 2.45) is 11.8 Å². The number of hydrogen-bond donors (Lipinski definition) is 4. The number of anilines is 2. The van der Waals surface area contributed by atoms with Gasteiger partial charge >= 0.3 is 5.97 Å². The number of rotatable bonds is 4. The van der Waals surface area contributed by atoms with Gasteiger partial charge in [0, 0.05) is 18.5 Å². The fourth-order valence-electron chi connectivity index (χ4n) is 6.20. The molecular formula is C29H24ClN3O7. The summed E-state index contributed by atoms with van der Waals surface area (Å²) in [7, 11) is 0. The van der Waals surface area contributed by atoms with E-state index < -0.39 is 47.1 Å². The van der Waals surface area contributed by atoms with E-state index in [1.807, 2.05) is 6.92 Å². The van der Waals surface area contributed by atoms with Crippen LogP contribution in [0.25, 0.3) is 0 Å². The van der Waals surface area contributed by atoms with Gasteiger partial charge in [0.2, 0.25) is 17.7 Å². The molecule has 6 rings (SSSR count). The summed E-state index contributed by atoms with van der Waals surface area (Å²) in [6.45, 7) is 3.09. The standard InChI is InChI=1S/C29H24ClN3O7/c1-13-9-18-25(19(30)10-13)31-28(39)29(18)24-23(20(32-29)11-15-3-8-21(35)22(36)12-15)26(37)33(27(24)38)16-4-6-17(7-5-16)40-14(2)34/h3-10,12,20,23-24,32,35-36H,11H2,1-2H3,(H,31,39)/t20-,23-,24+,29+/m1/s1. The third-order valence-corrected chi connectivity index (χ3v) is 8.07. The molecule has 11 heteroatoms. The van der Waals surface area contributed by atoms with Crippen LogP contribution < -0.4 is 20.3 Å². The van der Waals surface area contributed by atoms with E-state index in [-0.39, 0.29) is 29.4 Å². The molecule has 3 aromatic rings. The second kappa shape index (κ2) is 9.07. The maximum absolute atomic E-state index is 14.1. The number of aryl methyl sites for hydroxylation is 1.